The molecule has 4 rings (SSSR count). The molecule has 0 fully saturated rings. The number of fused-ring (bicyclic) bond motifs is 1. The van der Waals surface area contributed by atoms with Crippen molar-refractivity contribution in [3.05, 3.63) is 72.5 Å². The van der Waals surface area contributed by atoms with Crippen molar-refractivity contribution in [1.29, 1.82) is 0 Å². The van der Waals surface area contributed by atoms with E-state index in [0.29, 0.717) is 28.7 Å². The van der Waals surface area contributed by atoms with E-state index < -0.39 is 0 Å². The summed E-state index contributed by atoms with van der Waals surface area (Å²) in [6.45, 7) is 0. The van der Waals surface area contributed by atoms with Gasteiger partial charge in [-0.15, -0.1) is 0 Å². The van der Waals surface area contributed by atoms with Gasteiger partial charge in [-0.1, -0.05) is 12.1 Å². The molecular weight excluding hydrogens is 357 g/mol. The maximum atomic E-state index is 13.4. The van der Waals surface area contributed by atoms with Crippen LogP contribution in [0.1, 0.15) is 0 Å². The van der Waals surface area contributed by atoms with Crippen LogP contribution < -0.4 is 14.8 Å². The van der Waals surface area contributed by atoms with E-state index in [1.165, 1.54) is 12.1 Å². The van der Waals surface area contributed by atoms with Gasteiger partial charge in [-0.25, -0.2) is 14.4 Å². The molecule has 0 saturated carbocycles. The van der Waals surface area contributed by atoms with Crippen molar-refractivity contribution in [2.24, 2.45) is 0 Å². The maximum absolute atomic E-state index is 13.4. The van der Waals surface area contributed by atoms with Crippen molar-refractivity contribution < 1.29 is 13.9 Å². The molecule has 28 heavy (non-hydrogen) atoms. The van der Waals surface area contributed by atoms with Crippen molar-refractivity contribution in [2.45, 2.75) is 0 Å². The van der Waals surface area contributed by atoms with Crippen molar-refractivity contribution in [3.8, 4) is 22.8 Å². The highest BCUT2D eigenvalue weighted by Gasteiger charge is 2.14. The molecule has 0 unspecified atom stereocenters. The average molecular weight is 375 g/mol. The molecule has 3 aromatic carbocycles. The Hall–Kier alpha value is -3.67. The van der Waals surface area contributed by atoms with Gasteiger partial charge in [0.05, 0.1) is 30.9 Å². The Labute approximate surface area is 161 Å². The number of benzene rings is 3. The van der Waals surface area contributed by atoms with Crippen LogP contribution in [0.15, 0.2) is 66.7 Å². The second-order valence-corrected chi connectivity index (χ2v) is 6.11. The van der Waals surface area contributed by atoms with Gasteiger partial charge < -0.3 is 14.8 Å². The van der Waals surface area contributed by atoms with Crippen LogP contribution in [-0.4, -0.2) is 24.2 Å². The lowest BCUT2D eigenvalue weighted by Gasteiger charge is -2.15. The van der Waals surface area contributed by atoms with Gasteiger partial charge in [0.15, 0.2) is 5.82 Å². The van der Waals surface area contributed by atoms with Gasteiger partial charge in [0.25, 0.3) is 0 Å². The molecule has 4 aromatic rings. The zero-order chi connectivity index (χ0) is 19.5. The van der Waals surface area contributed by atoms with Crippen LogP contribution in [0, 0.1) is 5.82 Å². The van der Waals surface area contributed by atoms with Crippen LogP contribution in [0.3, 0.4) is 0 Å². The minimum atomic E-state index is -0.304. The summed E-state index contributed by atoms with van der Waals surface area (Å²) in [5.74, 6) is 1.56. The number of hydrogen-bond acceptors (Lipinski definition) is 5. The van der Waals surface area contributed by atoms with Gasteiger partial charge >= 0.3 is 0 Å². The molecule has 0 amide bonds. The number of rotatable bonds is 5. The molecule has 6 heteroatoms. The van der Waals surface area contributed by atoms with E-state index in [4.69, 9.17) is 19.4 Å². The molecule has 0 bridgehead atoms. The van der Waals surface area contributed by atoms with E-state index in [0.717, 1.165) is 16.6 Å². The Kier molecular flexibility index (Phi) is 4.76. The Morgan fingerprint density at radius 1 is 0.821 bits per heavy atom. The Morgan fingerprint density at radius 2 is 1.54 bits per heavy atom. The summed E-state index contributed by atoms with van der Waals surface area (Å²) in [6.07, 6.45) is 0. The lowest BCUT2D eigenvalue weighted by molar-refractivity contribution is 0.405. The second-order valence-electron chi connectivity index (χ2n) is 6.11. The average Bonchev–Trinajstić information content (AvgIpc) is 2.74. The Balaban J connectivity index is 1.88. The number of methoxy groups -OCH3 is 2. The lowest BCUT2D eigenvalue weighted by atomic mass is 10.1. The number of aromatic nitrogens is 2. The van der Waals surface area contributed by atoms with Crippen LogP contribution in [0.2, 0.25) is 0 Å². The molecule has 1 N–H and O–H groups in total. The predicted octanol–water partition coefficient (Wildman–Crippen LogP) is 5.20. The van der Waals surface area contributed by atoms with E-state index >= 15 is 0 Å². The fourth-order valence-corrected chi connectivity index (χ4v) is 2.94. The highest BCUT2D eigenvalue weighted by atomic mass is 19.1. The molecule has 0 aliphatic heterocycles. The summed E-state index contributed by atoms with van der Waals surface area (Å²) < 4.78 is 24.2. The van der Waals surface area contributed by atoms with Crippen molar-refractivity contribution in [1.82, 2.24) is 9.97 Å². The number of nitrogens with one attached hydrogen (secondary N) is 1. The van der Waals surface area contributed by atoms with Crippen molar-refractivity contribution >= 4 is 22.5 Å². The van der Waals surface area contributed by atoms with Gasteiger partial charge in [-0.3, -0.25) is 0 Å². The minimum absolute atomic E-state index is 0.304. The highest BCUT2D eigenvalue weighted by Crippen LogP contribution is 2.35. The molecule has 0 aliphatic rings. The number of halogens is 1. The highest BCUT2D eigenvalue weighted by molar-refractivity contribution is 5.85. The Morgan fingerprint density at radius 3 is 2.21 bits per heavy atom. The largest absolute Gasteiger partial charge is 0.497 e. The molecule has 0 spiro atoms. The van der Waals surface area contributed by atoms with Gasteiger partial charge in [0.1, 0.15) is 23.0 Å². The molecule has 0 atom stereocenters. The third kappa shape index (κ3) is 3.44. The van der Waals surface area contributed by atoms with E-state index in [2.05, 4.69) is 5.32 Å². The zero-order valence-electron chi connectivity index (χ0n) is 15.4. The molecular formula is C22H18FN3O2. The maximum Gasteiger partial charge on any atom is 0.157 e. The van der Waals surface area contributed by atoms with Gasteiger partial charge in [-0.05, 0) is 48.5 Å². The van der Waals surface area contributed by atoms with E-state index in [1.807, 2.05) is 42.5 Å². The number of nitrogens with zero attached hydrogens (tertiary/aromatic N) is 2. The normalized spacial score (nSPS) is 10.7. The number of ether oxygens (including phenoxy) is 2. The van der Waals surface area contributed by atoms with Gasteiger partial charge in [-0.2, -0.15) is 0 Å². The monoisotopic (exact) mass is 375 g/mol. The van der Waals surface area contributed by atoms with E-state index in [1.54, 1.807) is 26.4 Å². The fraction of sp³-hybridized carbons (Fsp3) is 0.0909. The first-order valence-electron chi connectivity index (χ1n) is 8.69. The summed E-state index contributed by atoms with van der Waals surface area (Å²) in [5.41, 5.74) is 3.56. The van der Waals surface area contributed by atoms with Crippen LogP contribution in [-0.2, 0) is 0 Å². The molecule has 0 saturated heterocycles. The number of para-hydroxylation sites is 2. The van der Waals surface area contributed by atoms with Crippen LogP contribution in [0.5, 0.6) is 11.5 Å². The molecule has 0 radical (unpaired) electrons. The molecule has 5 nitrogen and oxygen atoms in total. The summed E-state index contributed by atoms with van der Waals surface area (Å²) >= 11 is 0. The van der Waals surface area contributed by atoms with E-state index in [-0.39, 0.29) is 5.82 Å². The zero-order valence-corrected chi connectivity index (χ0v) is 15.4. The quantitative estimate of drug-likeness (QED) is 0.520. The lowest BCUT2D eigenvalue weighted by Crippen LogP contribution is -2.02. The third-order valence-corrected chi connectivity index (χ3v) is 4.35. The van der Waals surface area contributed by atoms with Crippen LogP contribution in [0.25, 0.3) is 22.3 Å². The predicted molar refractivity (Wildman–Crippen MR) is 108 cm³/mol. The van der Waals surface area contributed by atoms with E-state index in [9.17, 15) is 4.39 Å². The third-order valence-electron chi connectivity index (χ3n) is 4.35. The molecule has 1 heterocycles. The SMILES string of the molecule is COc1ccc(OC)c(Nc2nc3ccccc3nc2-c2ccc(F)cc2)c1. The topological polar surface area (TPSA) is 56.3 Å². The molecule has 0 aliphatic carbocycles. The first kappa shape index (κ1) is 17.7. The molecule has 140 valence electrons. The van der Waals surface area contributed by atoms with Crippen LogP contribution >= 0.6 is 0 Å². The smallest absolute Gasteiger partial charge is 0.157 e. The first-order chi connectivity index (χ1) is 13.7. The number of anilines is 2. The number of hydrogen-bond donors (Lipinski definition) is 1. The minimum Gasteiger partial charge on any atom is -0.497 e. The Bertz CT molecular complexity index is 1130. The van der Waals surface area contributed by atoms with Crippen LogP contribution in [0.4, 0.5) is 15.9 Å². The fourth-order valence-electron chi connectivity index (χ4n) is 2.94. The second kappa shape index (κ2) is 7.52. The molecule has 1 aromatic heterocycles. The first-order valence-corrected chi connectivity index (χ1v) is 8.69. The van der Waals surface area contributed by atoms with Crippen molar-refractivity contribution in [2.75, 3.05) is 19.5 Å². The summed E-state index contributed by atoms with van der Waals surface area (Å²) in [4.78, 5) is 9.49. The van der Waals surface area contributed by atoms with Gasteiger partial charge in [0, 0.05) is 11.6 Å². The van der Waals surface area contributed by atoms with Crippen molar-refractivity contribution in [3.63, 3.8) is 0 Å². The summed E-state index contributed by atoms with van der Waals surface area (Å²) in [7, 11) is 3.20. The standard InChI is InChI=1S/C22H18FN3O2/c1-27-16-11-12-20(28-2)19(13-16)26-22-21(14-7-9-15(23)10-8-14)24-17-5-3-4-6-18(17)25-22/h3-13H,1-2H3,(H,25,26). The van der Waals surface area contributed by atoms with Gasteiger partial charge in [0.2, 0.25) is 0 Å². The summed E-state index contributed by atoms with van der Waals surface area (Å²) in [6, 6.07) is 19.2. The summed E-state index contributed by atoms with van der Waals surface area (Å²) in [5, 5.41) is 3.30.